The SMILES string of the molecule is CN(C)C(=O)C[C@H]1C=C[C@H](NC(=O)C2CCC2)[C@@H](CO)O1. The summed E-state index contributed by atoms with van der Waals surface area (Å²) in [5, 5.41) is 12.4. The Morgan fingerprint density at radius 1 is 1.33 bits per heavy atom. The zero-order chi connectivity index (χ0) is 15.4. The molecule has 0 bridgehead atoms. The number of aliphatic hydroxyl groups is 1. The number of nitrogens with one attached hydrogen (secondary N) is 1. The Morgan fingerprint density at radius 2 is 2.05 bits per heavy atom. The predicted molar refractivity (Wildman–Crippen MR) is 77.5 cm³/mol. The second-order valence-electron chi connectivity index (χ2n) is 5.93. The molecule has 6 nitrogen and oxygen atoms in total. The fourth-order valence-electron chi connectivity index (χ4n) is 2.44. The minimum absolute atomic E-state index is 0.0285. The van der Waals surface area contributed by atoms with Gasteiger partial charge in [-0.2, -0.15) is 0 Å². The van der Waals surface area contributed by atoms with Crippen molar-refractivity contribution >= 4 is 11.8 Å². The molecule has 21 heavy (non-hydrogen) atoms. The van der Waals surface area contributed by atoms with Gasteiger partial charge in [-0.3, -0.25) is 9.59 Å². The molecule has 0 aromatic heterocycles. The Labute approximate surface area is 125 Å². The summed E-state index contributed by atoms with van der Waals surface area (Å²) in [6, 6.07) is -0.325. The molecule has 2 rings (SSSR count). The van der Waals surface area contributed by atoms with E-state index in [1.54, 1.807) is 20.2 Å². The Balaban J connectivity index is 1.91. The minimum atomic E-state index is -0.501. The van der Waals surface area contributed by atoms with Gasteiger partial charge >= 0.3 is 0 Å². The van der Waals surface area contributed by atoms with Crippen molar-refractivity contribution in [3.05, 3.63) is 12.2 Å². The summed E-state index contributed by atoms with van der Waals surface area (Å²) in [6.45, 7) is -0.188. The van der Waals surface area contributed by atoms with Gasteiger partial charge in [0.25, 0.3) is 0 Å². The maximum Gasteiger partial charge on any atom is 0.224 e. The van der Waals surface area contributed by atoms with Gasteiger partial charge in [0.2, 0.25) is 11.8 Å². The first-order valence-corrected chi connectivity index (χ1v) is 7.46. The smallest absolute Gasteiger partial charge is 0.224 e. The van der Waals surface area contributed by atoms with Crippen molar-refractivity contribution < 1.29 is 19.4 Å². The van der Waals surface area contributed by atoms with Gasteiger partial charge in [-0.25, -0.2) is 0 Å². The van der Waals surface area contributed by atoms with Crippen LogP contribution in [0.15, 0.2) is 12.2 Å². The third kappa shape index (κ3) is 4.04. The quantitative estimate of drug-likeness (QED) is 0.704. The first-order chi connectivity index (χ1) is 10.0. The molecule has 1 aliphatic heterocycles. The Bertz CT molecular complexity index is 418. The number of hydrogen-bond acceptors (Lipinski definition) is 4. The zero-order valence-corrected chi connectivity index (χ0v) is 12.6. The summed E-state index contributed by atoms with van der Waals surface area (Å²) in [7, 11) is 3.39. The minimum Gasteiger partial charge on any atom is -0.394 e. The Morgan fingerprint density at radius 3 is 2.57 bits per heavy atom. The number of aliphatic hydroxyl groups excluding tert-OH is 1. The molecule has 118 valence electrons. The van der Waals surface area contributed by atoms with E-state index in [1.807, 2.05) is 6.08 Å². The van der Waals surface area contributed by atoms with Crippen molar-refractivity contribution in [2.24, 2.45) is 5.92 Å². The summed E-state index contributed by atoms with van der Waals surface area (Å²) in [6.07, 6.45) is 5.98. The van der Waals surface area contributed by atoms with E-state index in [2.05, 4.69) is 5.32 Å². The second kappa shape index (κ2) is 7.04. The molecule has 1 heterocycles. The van der Waals surface area contributed by atoms with Gasteiger partial charge in [0.15, 0.2) is 0 Å². The van der Waals surface area contributed by atoms with E-state index in [0.717, 1.165) is 19.3 Å². The molecular formula is C15H24N2O4. The van der Waals surface area contributed by atoms with Gasteiger partial charge in [0, 0.05) is 20.0 Å². The van der Waals surface area contributed by atoms with Gasteiger partial charge in [-0.05, 0) is 12.8 Å². The summed E-state index contributed by atoms with van der Waals surface area (Å²) in [4.78, 5) is 25.2. The molecule has 3 atom stereocenters. The molecule has 2 amide bonds. The van der Waals surface area contributed by atoms with E-state index in [1.165, 1.54) is 4.90 Å². The monoisotopic (exact) mass is 296 g/mol. The van der Waals surface area contributed by atoms with Crippen LogP contribution in [0.4, 0.5) is 0 Å². The van der Waals surface area contributed by atoms with Gasteiger partial charge in [-0.1, -0.05) is 18.6 Å². The van der Waals surface area contributed by atoms with Crippen LogP contribution in [0.25, 0.3) is 0 Å². The molecule has 0 aromatic rings. The molecule has 0 aromatic carbocycles. The molecule has 0 radical (unpaired) electrons. The highest BCUT2D eigenvalue weighted by molar-refractivity contribution is 5.80. The van der Waals surface area contributed by atoms with Crippen molar-refractivity contribution in [3.8, 4) is 0 Å². The van der Waals surface area contributed by atoms with Crippen LogP contribution < -0.4 is 5.32 Å². The predicted octanol–water partition coefficient (Wildman–Crippen LogP) is 0.0655. The molecule has 1 aliphatic carbocycles. The fourth-order valence-corrected chi connectivity index (χ4v) is 2.44. The van der Waals surface area contributed by atoms with Crippen LogP contribution in [-0.4, -0.2) is 60.8 Å². The average molecular weight is 296 g/mol. The van der Waals surface area contributed by atoms with E-state index < -0.39 is 6.10 Å². The lowest BCUT2D eigenvalue weighted by molar-refractivity contribution is -0.135. The summed E-state index contributed by atoms with van der Waals surface area (Å²) in [5.74, 6) is 0.102. The third-order valence-electron chi connectivity index (χ3n) is 4.12. The van der Waals surface area contributed by atoms with Crippen molar-refractivity contribution in [1.82, 2.24) is 10.2 Å². The Hall–Kier alpha value is -1.40. The van der Waals surface area contributed by atoms with Crippen LogP contribution in [-0.2, 0) is 14.3 Å². The van der Waals surface area contributed by atoms with Gasteiger partial charge in [0.05, 0.1) is 25.2 Å². The van der Waals surface area contributed by atoms with Crippen LogP contribution >= 0.6 is 0 Å². The van der Waals surface area contributed by atoms with Crippen molar-refractivity contribution in [2.45, 2.75) is 43.9 Å². The van der Waals surface area contributed by atoms with Crippen LogP contribution in [0.5, 0.6) is 0 Å². The maximum absolute atomic E-state index is 12.0. The van der Waals surface area contributed by atoms with Crippen molar-refractivity contribution in [2.75, 3.05) is 20.7 Å². The van der Waals surface area contributed by atoms with Gasteiger partial charge in [0.1, 0.15) is 6.10 Å². The molecule has 0 spiro atoms. The number of ether oxygens (including phenoxy) is 1. The standard InChI is InChI=1S/C15H24N2O4/c1-17(2)14(19)8-11-6-7-12(13(9-18)21-11)16-15(20)10-4-3-5-10/h6-7,10-13,18H,3-5,8-9H2,1-2H3,(H,16,20)/t11-,12+,13-/m1/s1. The second-order valence-corrected chi connectivity index (χ2v) is 5.93. The average Bonchev–Trinajstić information content (AvgIpc) is 2.38. The van der Waals surface area contributed by atoms with E-state index >= 15 is 0 Å². The number of carbonyl (C=O) groups is 2. The van der Waals surface area contributed by atoms with E-state index in [4.69, 9.17) is 4.74 Å². The van der Waals surface area contributed by atoms with Gasteiger partial charge < -0.3 is 20.1 Å². The highest BCUT2D eigenvalue weighted by atomic mass is 16.5. The maximum atomic E-state index is 12.0. The number of rotatable bonds is 5. The highest BCUT2D eigenvalue weighted by Crippen LogP contribution is 2.27. The number of carbonyl (C=O) groups excluding carboxylic acids is 2. The molecule has 0 saturated heterocycles. The first kappa shape index (κ1) is 16.0. The largest absolute Gasteiger partial charge is 0.394 e. The molecule has 0 unspecified atom stereocenters. The van der Waals surface area contributed by atoms with E-state index in [-0.39, 0.29) is 42.9 Å². The molecule has 6 heteroatoms. The summed E-state index contributed by atoms with van der Waals surface area (Å²) >= 11 is 0. The normalized spacial score (nSPS) is 28.8. The Kier molecular flexibility index (Phi) is 5.36. The van der Waals surface area contributed by atoms with Crippen LogP contribution in [0.3, 0.4) is 0 Å². The third-order valence-corrected chi connectivity index (χ3v) is 4.12. The molecule has 2 N–H and O–H groups in total. The first-order valence-electron chi connectivity index (χ1n) is 7.46. The van der Waals surface area contributed by atoms with E-state index in [0.29, 0.717) is 0 Å². The van der Waals surface area contributed by atoms with E-state index in [9.17, 15) is 14.7 Å². The van der Waals surface area contributed by atoms with Crippen molar-refractivity contribution in [3.63, 3.8) is 0 Å². The van der Waals surface area contributed by atoms with Crippen LogP contribution in [0.2, 0.25) is 0 Å². The lowest BCUT2D eigenvalue weighted by Gasteiger charge is -2.34. The van der Waals surface area contributed by atoms with Crippen molar-refractivity contribution in [1.29, 1.82) is 0 Å². The lowest BCUT2D eigenvalue weighted by atomic mass is 9.84. The highest BCUT2D eigenvalue weighted by Gasteiger charge is 2.32. The zero-order valence-electron chi connectivity index (χ0n) is 12.6. The number of hydrogen-bond donors (Lipinski definition) is 2. The van der Waals surface area contributed by atoms with Crippen LogP contribution in [0.1, 0.15) is 25.7 Å². The molecule has 1 fully saturated rings. The summed E-state index contributed by atoms with van der Waals surface area (Å²) in [5.41, 5.74) is 0. The van der Waals surface area contributed by atoms with Crippen LogP contribution in [0, 0.1) is 5.92 Å². The number of amides is 2. The fraction of sp³-hybridized carbons (Fsp3) is 0.733. The number of nitrogens with zero attached hydrogens (tertiary/aromatic N) is 1. The topological polar surface area (TPSA) is 78.9 Å². The molecular weight excluding hydrogens is 272 g/mol. The van der Waals surface area contributed by atoms with Gasteiger partial charge in [-0.15, -0.1) is 0 Å². The molecule has 2 aliphatic rings. The summed E-state index contributed by atoms with van der Waals surface area (Å²) < 4.78 is 5.70. The lowest BCUT2D eigenvalue weighted by Crippen LogP contribution is -2.51. The molecule has 1 saturated carbocycles.